The molecule has 0 heterocycles. The minimum absolute atomic E-state index is 0.109. The normalized spacial score (nSPS) is 10.6. The zero-order valence-corrected chi connectivity index (χ0v) is 10.6. The molecule has 17 heavy (non-hydrogen) atoms. The molecule has 0 unspecified atom stereocenters. The van der Waals surface area contributed by atoms with E-state index in [2.05, 4.69) is 5.32 Å². The van der Waals surface area contributed by atoms with E-state index in [-0.39, 0.29) is 12.0 Å². The fourth-order valence-corrected chi connectivity index (χ4v) is 1.45. The highest BCUT2D eigenvalue weighted by Gasteiger charge is 2.09. The molecule has 0 fully saturated rings. The first-order valence-corrected chi connectivity index (χ1v) is 5.77. The van der Waals surface area contributed by atoms with Crippen molar-refractivity contribution in [3.63, 3.8) is 0 Å². The topological polar surface area (TPSA) is 64.4 Å². The van der Waals surface area contributed by atoms with Crippen molar-refractivity contribution in [3.8, 4) is 0 Å². The molecular weight excluding hydrogens is 216 g/mol. The number of carbonyl (C=O) groups is 1. The van der Waals surface area contributed by atoms with E-state index in [0.29, 0.717) is 24.4 Å². The molecule has 1 aromatic carbocycles. The third-order valence-corrected chi connectivity index (χ3v) is 2.46. The van der Waals surface area contributed by atoms with Crippen LogP contribution in [0, 0.1) is 6.92 Å². The number of nitrogens with two attached hydrogens (primary N) is 1. The minimum atomic E-state index is -0.109. The summed E-state index contributed by atoms with van der Waals surface area (Å²) in [7, 11) is 0. The lowest BCUT2D eigenvalue weighted by Gasteiger charge is -2.10. The van der Waals surface area contributed by atoms with Gasteiger partial charge < -0.3 is 15.8 Å². The van der Waals surface area contributed by atoms with Gasteiger partial charge in [0.2, 0.25) is 0 Å². The van der Waals surface area contributed by atoms with Gasteiger partial charge in [-0.3, -0.25) is 4.79 Å². The molecule has 4 nitrogen and oxygen atoms in total. The predicted octanol–water partition coefficient (Wildman–Crippen LogP) is 1.73. The molecule has 0 aliphatic rings. The van der Waals surface area contributed by atoms with Crippen molar-refractivity contribution < 1.29 is 9.53 Å². The molecule has 94 valence electrons. The summed E-state index contributed by atoms with van der Waals surface area (Å²) in [6.07, 6.45) is 0.181. The lowest BCUT2D eigenvalue weighted by molar-refractivity contribution is 0.0746. The van der Waals surface area contributed by atoms with Crippen molar-refractivity contribution in [2.75, 3.05) is 18.9 Å². The van der Waals surface area contributed by atoms with Crippen LogP contribution in [0.15, 0.2) is 18.2 Å². The van der Waals surface area contributed by atoms with Crippen LogP contribution in [0.5, 0.6) is 0 Å². The molecule has 0 radical (unpaired) electrons. The number of benzene rings is 1. The summed E-state index contributed by atoms with van der Waals surface area (Å²) in [6, 6.07) is 5.33. The number of hydrogen-bond acceptors (Lipinski definition) is 3. The van der Waals surface area contributed by atoms with Crippen LogP contribution < -0.4 is 11.1 Å². The second kappa shape index (κ2) is 6.25. The second-order valence-corrected chi connectivity index (χ2v) is 4.20. The standard InChI is InChI=1S/C13H20N2O2/c1-9(2)17-8-7-15-13(16)11-5-4-6-12(14)10(11)3/h4-6,9H,7-8,14H2,1-3H3,(H,15,16). The van der Waals surface area contributed by atoms with E-state index in [1.807, 2.05) is 20.8 Å². The summed E-state index contributed by atoms with van der Waals surface area (Å²) < 4.78 is 5.34. The summed E-state index contributed by atoms with van der Waals surface area (Å²) in [5.74, 6) is -0.109. The van der Waals surface area contributed by atoms with Gasteiger partial charge in [-0.15, -0.1) is 0 Å². The van der Waals surface area contributed by atoms with E-state index in [4.69, 9.17) is 10.5 Å². The van der Waals surface area contributed by atoms with Crippen LogP contribution in [0.2, 0.25) is 0 Å². The molecule has 0 spiro atoms. The number of nitrogen functional groups attached to an aromatic ring is 1. The van der Waals surface area contributed by atoms with Gasteiger partial charge in [-0.1, -0.05) is 6.07 Å². The van der Waals surface area contributed by atoms with Crippen molar-refractivity contribution in [2.24, 2.45) is 0 Å². The number of carbonyl (C=O) groups excluding carboxylic acids is 1. The van der Waals surface area contributed by atoms with Crippen molar-refractivity contribution in [3.05, 3.63) is 29.3 Å². The van der Waals surface area contributed by atoms with Crippen LogP contribution in [0.3, 0.4) is 0 Å². The lowest BCUT2D eigenvalue weighted by Crippen LogP contribution is -2.28. The summed E-state index contributed by atoms with van der Waals surface area (Å²) in [5, 5.41) is 2.80. The van der Waals surface area contributed by atoms with Crippen LogP contribution in [-0.4, -0.2) is 25.2 Å². The van der Waals surface area contributed by atoms with Gasteiger partial charge in [0.15, 0.2) is 0 Å². The Morgan fingerprint density at radius 3 is 2.82 bits per heavy atom. The minimum Gasteiger partial charge on any atom is -0.398 e. The van der Waals surface area contributed by atoms with Gasteiger partial charge in [-0.25, -0.2) is 0 Å². The molecule has 3 N–H and O–H groups in total. The Hall–Kier alpha value is -1.55. The van der Waals surface area contributed by atoms with Crippen LogP contribution in [0.1, 0.15) is 29.8 Å². The van der Waals surface area contributed by atoms with Gasteiger partial charge in [-0.2, -0.15) is 0 Å². The number of nitrogens with one attached hydrogen (secondary N) is 1. The van der Waals surface area contributed by atoms with E-state index < -0.39 is 0 Å². The fraction of sp³-hybridized carbons (Fsp3) is 0.462. The van der Waals surface area contributed by atoms with Crippen molar-refractivity contribution in [1.82, 2.24) is 5.32 Å². The van der Waals surface area contributed by atoms with Crippen LogP contribution in [0.4, 0.5) is 5.69 Å². The molecule has 0 saturated heterocycles. The third-order valence-electron chi connectivity index (χ3n) is 2.46. The first-order valence-electron chi connectivity index (χ1n) is 5.77. The molecule has 1 amide bonds. The smallest absolute Gasteiger partial charge is 0.251 e. The summed E-state index contributed by atoms with van der Waals surface area (Å²) in [4.78, 5) is 11.8. The lowest BCUT2D eigenvalue weighted by atomic mass is 10.1. The van der Waals surface area contributed by atoms with E-state index in [1.165, 1.54) is 0 Å². The van der Waals surface area contributed by atoms with Crippen molar-refractivity contribution in [1.29, 1.82) is 0 Å². The maximum atomic E-state index is 11.8. The molecule has 0 aliphatic carbocycles. The Bertz CT molecular complexity index is 389. The summed E-state index contributed by atoms with van der Waals surface area (Å²) in [5.41, 5.74) is 7.82. The molecule has 0 aromatic heterocycles. The quantitative estimate of drug-likeness (QED) is 0.604. The van der Waals surface area contributed by atoms with E-state index in [1.54, 1.807) is 18.2 Å². The highest BCUT2D eigenvalue weighted by atomic mass is 16.5. The summed E-state index contributed by atoms with van der Waals surface area (Å²) >= 11 is 0. The molecule has 4 heteroatoms. The van der Waals surface area contributed by atoms with E-state index in [9.17, 15) is 4.79 Å². The molecule has 1 aromatic rings. The van der Waals surface area contributed by atoms with Gasteiger partial charge in [0, 0.05) is 17.8 Å². The Labute approximate surface area is 102 Å². The monoisotopic (exact) mass is 236 g/mol. The molecule has 0 bridgehead atoms. The highest BCUT2D eigenvalue weighted by molar-refractivity contribution is 5.96. The van der Waals surface area contributed by atoms with Crippen molar-refractivity contribution >= 4 is 11.6 Å². The summed E-state index contributed by atoms with van der Waals surface area (Å²) in [6.45, 7) is 6.79. The molecule has 0 aliphatic heterocycles. The maximum absolute atomic E-state index is 11.8. The zero-order valence-electron chi connectivity index (χ0n) is 10.6. The predicted molar refractivity (Wildman–Crippen MR) is 69.0 cm³/mol. The van der Waals surface area contributed by atoms with Gasteiger partial charge >= 0.3 is 0 Å². The van der Waals surface area contributed by atoms with Crippen LogP contribution >= 0.6 is 0 Å². The number of hydrogen-bond donors (Lipinski definition) is 2. The highest BCUT2D eigenvalue weighted by Crippen LogP contribution is 2.14. The van der Waals surface area contributed by atoms with Gasteiger partial charge in [0.25, 0.3) is 5.91 Å². The first kappa shape index (κ1) is 13.5. The van der Waals surface area contributed by atoms with Gasteiger partial charge in [0.1, 0.15) is 0 Å². The fourth-order valence-electron chi connectivity index (χ4n) is 1.45. The number of anilines is 1. The second-order valence-electron chi connectivity index (χ2n) is 4.20. The number of rotatable bonds is 5. The third kappa shape index (κ3) is 4.07. The molecule has 0 saturated carbocycles. The van der Waals surface area contributed by atoms with Gasteiger partial charge in [-0.05, 0) is 38.5 Å². The SMILES string of the molecule is Cc1c(N)cccc1C(=O)NCCOC(C)C. The van der Waals surface area contributed by atoms with E-state index in [0.717, 1.165) is 5.56 Å². The van der Waals surface area contributed by atoms with Crippen LogP contribution in [-0.2, 0) is 4.74 Å². The largest absolute Gasteiger partial charge is 0.398 e. The van der Waals surface area contributed by atoms with E-state index >= 15 is 0 Å². The Morgan fingerprint density at radius 1 is 1.47 bits per heavy atom. The molecular formula is C13H20N2O2. The Morgan fingerprint density at radius 2 is 2.18 bits per heavy atom. The first-order chi connectivity index (χ1) is 8.02. The molecule has 0 atom stereocenters. The maximum Gasteiger partial charge on any atom is 0.251 e. The average molecular weight is 236 g/mol. The zero-order chi connectivity index (χ0) is 12.8. The number of ether oxygens (including phenoxy) is 1. The Kier molecular flexibility index (Phi) is 4.97. The van der Waals surface area contributed by atoms with Crippen molar-refractivity contribution in [2.45, 2.75) is 26.9 Å². The van der Waals surface area contributed by atoms with Gasteiger partial charge in [0.05, 0.1) is 12.7 Å². The number of amides is 1. The Balaban J connectivity index is 2.50. The van der Waals surface area contributed by atoms with Crippen LogP contribution in [0.25, 0.3) is 0 Å². The molecule has 1 rings (SSSR count). The average Bonchev–Trinajstić information content (AvgIpc) is 2.27.